The Morgan fingerprint density at radius 2 is 1.62 bits per heavy atom. The minimum Gasteiger partial charge on any atom is -0.379 e. The van der Waals surface area contributed by atoms with Crippen LogP contribution in [0.4, 0.5) is 0 Å². The number of fused-ring (bicyclic) bond motifs is 1. The van der Waals surface area contributed by atoms with Crippen molar-refractivity contribution in [1.29, 1.82) is 0 Å². The van der Waals surface area contributed by atoms with Crippen molar-refractivity contribution in [3.8, 4) is 0 Å². The van der Waals surface area contributed by atoms with Crippen molar-refractivity contribution in [1.82, 2.24) is 0 Å². The van der Waals surface area contributed by atoms with E-state index in [9.17, 15) is 0 Å². The van der Waals surface area contributed by atoms with Crippen molar-refractivity contribution in [3.63, 3.8) is 0 Å². The molecule has 0 bridgehead atoms. The van der Waals surface area contributed by atoms with Crippen molar-refractivity contribution in [2.75, 3.05) is 13.2 Å². The van der Waals surface area contributed by atoms with Crippen LogP contribution in [0.3, 0.4) is 0 Å². The molecule has 2 unspecified atom stereocenters. The van der Waals surface area contributed by atoms with Crippen molar-refractivity contribution >= 4 is 0 Å². The van der Waals surface area contributed by atoms with Gasteiger partial charge in [0.15, 0.2) is 11.6 Å². The summed E-state index contributed by atoms with van der Waals surface area (Å²) in [4.78, 5) is 0. The van der Waals surface area contributed by atoms with E-state index in [-0.39, 0.29) is 12.2 Å². The Morgan fingerprint density at radius 3 is 2.12 bits per heavy atom. The smallest absolute Gasteiger partial charge is 0.163 e. The molecule has 2 N–H and O–H groups in total. The van der Waals surface area contributed by atoms with Gasteiger partial charge in [0, 0.05) is 6.61 Å². The van der Waals surface area contributed by atoms with Crippen LogP contribution in [-0.2, 0) is 14.2 Å². The Labute approximate surface area is 96.3 Å². The molecule has 5 nitrogen and oxygen atoms in total. The van der Waals surface area contributed by atoms with E-state index in [4.69, 9.17) is 24.4 Å². The molecule has 2 fully saturated rings. The highest BCUT2D eigenvalue weighted by Crippen LogP contribution is 2.31. The Balaban J connectivity index is 0.000000221. The van der Waals surface area contributed by atoms with Gasteiger partial charge in [0.2, 0.25) is 0 Å². The molecule has 0 saturated carbocycles. The highest BCUT2D eigenvalue weighted by Gasteiger charge is 2.42. The largest absolute Gasteiger partial charge is 0.379 e. The normalized spacial score (nSPS) is 32.6. The van der Waals surface area contributed by atoms with Crippen molar-refractivity contribution in [2.45, 2.75) is 57.9 Å². The first-order valence-corrected chi connectivity index (χ1v) is 5.55. The van der Waals surface area contributed by atoms with Crippen LogP contribution in [0.25, 0.3) is 0 Å². The predicted molar refractivity (Wildman–Crippen MR) is 57.8 cm³/mol. The van der Waals surface area contributed by atoms with Crippen LogP contribution >= 0.6 is 0 Å². The lowest BCUT2D eigenvalue weighted by Crippen LogP contribution is -2.33. The number of ether oxygens (including phenoxy) is 3. The van der Waals surface area contributed by atoms with Gasteiger partial charge in [-0.2, -0.15) is 0 Å². The molecule has 0 aromatic rings. The number of hydrogen-bond acceptors (Lipinski definition) is 5. The fourth-order valence-corrected chi connectivity index (χ4v) is 1.69. The topological polar surface area (TPSA) is 68.2 Å². The van der Waals surface area contributed by atoms with Gasteiger partial charge in [-0.3, -0.25) is 0 Å². The molecule has 2 heterocycles. The second-order valence-corrected chi connectivity index (χ2v) is 5.07. The van der Waals surface area contributed by atoms with Gasteiger partial charge >= 0.3 is 0 Å². The Hall–Kier alpha value is -0.200. The first-order chi connectivity index (χ1) is 7.17. The van der Waals surface area contributed by atoms with Gasteiger partial charge in [0.1, 0.15) is 6.10 Å². The van der Waals surface area contributed by atoms with Gasteiger partial charge in [-0.25, -0.2) is 0 Å². The maximum Gasteiger partial charge on any atom is 0.163 e. The van der Waals surface area contributed by atoms with Crippen LogP contribution in [0.2, 0.25) is 0 Å². The summed E-state index contributed by atoms with van der Waals surface area (Å²) in [6, 6.07) is 0. The molecule has 0 radical (unpaired) electrons. The summed E-state index contributed by atoms with van der Waals surface area (Å²) in [5, 5.41) is 16.2. The highest BCUT2D eigenvalue weighted by molar-refractivity contribution is 4.83. The van der Waals surface area contributed by atoms with Crippen molar-refractivity contribution < 1.29 is 24.4 Å². The molecule has 0 aromatic carbocycles. The average molecular weight is 234 g/mol. The van der Waals surface area contributed by atoms with Gasteiger partial charge in [0.05, 0.1) is 12.7 Å². The van der Waals surface area contributed by atoms with E-state index in [1.807, 2.05) is 13.8 Å². The molecule has 0 spiro atoms. The quantitative estimate of drug-likeness (QED) is 0.602. The Bertz CT molecular complexity index is 199. The van der Waals surface area contributed by atoms with Gasteiger partial charge in [-0.05, 0) is 34.1 Å². The van der Waals surface area contributed by atoms with Crippen LogP contribution < -0.4 is 0 Å². The number of aliphatic hydroxyl groups is 2. The standard InChI is InChI=1S/C8H14O3.C3H8O2/c1-8(2)10-6-3-4-9-5-7(6)11-8;1-3(2,4)5/h6-7H,3-5H2,1-2H3;4-5H,1-2H3. The molecule has 2 saturated heterocycles. The van der Waals surface area contributed by atoms with E-state index in [1.165, 1.54) is 13.8 Å². The first-order valence-electron chi connectivity index (χ1n) is 5.55. The number of hydrogen-bond donors (Lipinski definition) is 2. The van der Waals surface area contributed by atoms with Gasteiger partial charge < -0.3 is 24.4 Å². The highest BCUT2D eigenvalue weighted by atomic mass is 16.8. The van der Waals surface area contributed by atoms with Gasteiger partial charge in [-0.15, -0.1) is 0 Å². The van der Waals surface area contributed by atoms with Crippen LogP contribution in [0, 0.1) is 0 Å². The minimum atomic E-state index is -1.50. The van der Waals surface area contributed by atoms with E-state index in [0.29, 0.717) is 6.61 Å². The zero-order valence-electron chi connectivity index (χ0n) is 10.4. The van der Waals surface area contributed by atoms with Crippen molar-refractivity contribution in [3.05, 3.63) is 0 Å². The SMILES string of the molecule is CC(C)(O)O.CC1(C)OC2CCOCC2O1. The predicted octanol–water partition coefficient (Wildman–Crippen LogP) is 0.634. The lowest BCUT2D eigenvalue weighted by molar-refractivity contribution is -0.146. The fourth-order valence-electron chi connectivity index (χ4n) is 1.69. The maximum atomic E-state index is 8.08. The molecular weight excluding hydrogens is 212 g/mol. The maximum absolute atomic E-state index is 8.08. The lowest BCUT2D eigenvalue weighted by atomic mass is 10.1. The van der Waals surface area contributed by atoms with E-state index >= 15 is 0 Å². The van der Waals surface area contributed by atoms with Gasteiger partial charge in [0.25, 0.3) is 0 Å². The molecule has 16 heavy (non-hydrogen) atoms. The van der Waals surface area contributed by atoms with E-state index in [0.717, 1.165) is 13.0 Å². The summed E-state index contributed by atoms with van der Waals surface area (Å²) in [6.07, 6.45) is 1.39. The summed E-state index contributed by atoms with van der Waals surface area (Å²) in [7, 11) is 0. The molecule has 0 aromatic heterocycles. The van der Waals surface area contributed by atoms with Crippen LogP contribution in [0.1, 0.15) is 34.1 Å². The fraction of sp³-hybridized carbons (Fsp3) is 1.00. The molecule has 2 aliphatic heterocycles. The zero-order chi connectivity index (χ0) is 12.4. The van der Waals surface area contributed by atoms with Crippen LogP contribution in [0.5, 0.6) is 0 Å². The second kappa shape index (κ2) is 4.98. The van der Waals surface area contributed by atoms with Crippen LogP contribution in [0.15, 0.2) is 0 Å². The summed E-state index contributed by atoms with van der Waals surface area (Å²) in [5.41, 5.74) is 0. The third-order valence-electron chi connectivity index (χ3n) is 2.11. The van der Waals surface area contributed by atoms with Crippen molar-refractivity contribution in [2.24, 2.45) is 0 Å². The molecule has 0 amide bonds. The third-order valence-corrected chi connectivity index (χ3v) is 2.11. The summed E-state index contributed by atoms with van der Waals surface area (Å²) in [5.74, 6) is -1.90. The average Bonchev–Trinajstić information content (AvgIpc) is 2.34. The Kier molecular flexibility index (Phi) is 4.31. The molecule has 2 aliphatic rings. The van der Waals surface area contributed by atoms with Gasteiger partial charge in [-0.1, -0.05) is 0 Å². The molecule has 96 valence electrons. The zero-order valence-corrected chi connectivity index (χ0v) is 10.4. The summed E-state index contributed by atoms with van der Waals surface area (Å²) < 4.78 is 16.5. The van der Waals surface area contributed by atoms with E-state index in [2.05, 4.69) is 0 Å². The first kappa shape index (κ1) is 13.9. The second-order valence-electron chi connectivity index (χ2n) is 5.07. The molecule has 2 rings (SSSR count). The number of rotatable bonds is 0. The van der Waals surface area contributed by atoms with E-state index in [1.54, 1.807) is 0 Å². The summed E-state index contributed by atoms with van der Waals surface area (Å²) in [6.45, 7) is 7.99. The van der Waals surface area contributed by atoms with E-state index < -0.39 is 11.6 Å². The molecule has 2 atom stereocenters. The molecular formula is C11H22O5. The Morgan fingerprint density at radius 1 is 1.12 bits per heavy atom. The molecule has 0 aliphatic carbocycles. The molecule has 5 heteroatoms. The lowest BCUT2D eigenvalue weighted by Gasteiger charge is -2.21. The third kappa shape index (κ3) is 5.23. The van der Waals surface area contributed by atoms with Crippen LogP contribution in [-0.4, -0.2) is 47.2 Å². The monoisotopic (exact) mass is 234 g/mol. The minimum absolute atomic E-state index is 0.166. The summed E-state index contributed by atoms with van der Waals surface area (Å²) >= 11 is 0.